The Morgan fingerprint density at radius 2 is 1.69 bits per heavy atom. The first-order chi connectivity index (χ1) is 17.2. The Morgan fingerprint density at radius 1 is 1.00 bits per heavy atom. The predicted molar refractivity (Wildman–Crippen MR) is 132 cm³/mol. The van der Waals surface area contributed by atoms with Gasteiger partial charge in [-0.25, -0.2) is 0 Å². The number of carbonyl (C=O) groups excluding carboxylic acids is 2. The Kier molecular flexibility index (Phi) is 7.08. The second-order valence-electron chi connectivity index (χ2n) is 7.45. The van der Waals surface area contributed by atoms with Crippen LogP contribution in [0, 0.1) is 10.1 Å². The van der Waals surface area contributed by atoms with Gasteiger partial charge in [-0.05, 0) is 53.2 Å². The summed E-state index contributed by atoms with van der Waals surface area (Å²) < 4.78 is 35.6. The zero-order valence-electron chi connectivity index (χ0n) is 18.7. The molecule has 0 atom stereocenters. The van der Waals surface area contributed by atoms with Crippen LogP contribution < -0.4 is 8.92 Å². The first kappa shape index (κ1) is 24.9. The molecule has 3 aromatic rings. The Hall–Kier alpha value is -4.16. The highest BCUT2D eigenvalue weighted by atomic mass is 32.2. The molecule has 1 aliphatic heterocycles. The number of rotatable bonds is 8. The number of ether oxygens (including phenoxy) is 1. The molecule has 0 N–H and O–H groups in total. The number of imide groups is 1. The molecule has 1 saturated heterocycles. The smallest absolute Gasteiger partial charge is 0.339 e. The molecule has 4 rings (SSSR count). The summed E-state index contributed by atoms with van der Waals surface area (Å²) in [6.45, 7) is -0.0343. The van der Waals surface area contributed by atoms with Crippen LogP contribution in [-0.2, 0) is 21.5 Å². The SMILES string of the molecule is COc1cc(C=C2SC(=O)N(Cc3ccc([N+](=O)[O-])cc3)C2=O)ccc1OS(=O)(=O)c1ccccc1. The summed E-state index contributed by atoms with van der Waals surface area (Å²) in [7, 11) is -2.74. The van der Waals surface area contributed by atoms with Gasteiger partial charge in [0.15, 0.2) is 11.5 Å². The minimum atomic E-state index is -4.08. The molecule has 10 nitrogen and oxygen atoms in total. The summed E-state index contributed by atoms with van der Waals surface area (Å²) in [4.78, 5) is 36.7. The van der Waals surface area contributed by atoms with Crippen molar-refractivity contribution in [1.29, 1.82) is 0 Å². The van der Waals surface area contributed by atoms with Gasteiger partial charge in [0.05, 0.1) is 23.5 Å². The summed E-state index contributed by atoms with van der Waals surface area (Å²) in [5.74, 6) is -0.438. The van der Waals surface area contributed by atoms with Crippen LogP contribution in [0.5, 0.6) is 11.5 Å². The topological polar surface area (TPSA) is 133 Å². The number of non-ortho nitro benzene ring substituents is 1. The number of nitro groups is 1. The largest absolute Gasteiger partial charge is 0.493 e. The van der Waals surface area contributed by atoms with Gasteiger partial charge in [-0.2, -0.15) is 8.42 Å². The number of thioether (sulfide) groups is 1. The zero-order chi connectivity index (χ0) is 25.9. The van der Waals surface area contributed by atoms with Crippen molar-refractivity contribution in [2.24, 2.45) is 0 Å². The van der Waals surface area contributed by atoms with Crippen LogP contribution in [0.3, 0.4) is 0 Å². The molecule has 0 aromatic heterocycles. The fourth-order valence-electron chi connectivity index (χ4n) is 3.29. The number of nitro benzene ring substituents is 1. The van der Waals surface area contributed by atoms with Crippen molar-refractivity contribution < 1.29 is 31.9 Å². The number of methoxy groups -OCH3 is 1. The summed E-state index contributed by atoms with van der Waals surface area (Å²) in [5, 5.41) is 10.3. The van der Waals surface area contributed by atoms with Crippen LogP contribution in [0.4, 0.5) is 10.5 Å². The molecule has 12 heteroatoms. The normalized spacial score (nSPS) is 14.8. The van der Waals surface area contributed by atoms with E-state index in [-0.39, 0.29) is 33.5 Å². The van der Waals surface area contributed by atoms with Crippen LogP contribution in [0.15, 0.2) is 82.6 Å². The van der Waals surface area contributed by atoms with Crippen LogP contribution in [0.2, 0.25) is 0 Å². The first-order valence-electron chi connectivity index (χ1n) is 10.3. The summed E-state index contributed by atoms with van der Waals surface area (Å²) in [6, 6.07) is 17.6. The van der Waals surface area contributed by atoms with E-state index < -0.39 is 26.2 Å². The van der Waals surface area contributed by atoms with Gasteiger partial charge < -0.3 is 8.92 Å². The van der Waals surface area contributed by atoms with E-state index in [1.54, 1.807) is 18.2 Å². The number of nitrogens with zero attached hydrogens (tertiary/aromatic N) is 2. The molecule has 0 saturated carbocycles. The second-order valence-corrected chi connectivity index (χ2v) is 9.99. The highest BCUT2D eigenvalue weighted by Crippen LogP contribution is 2.36. The molecule has 0 aliphatic carbocycles. The fourth-order valence-corrected chi connectivity index (χ4v) is 5.09. The van der Waals surface area contributed by atoms with Crippen molar-refractivity contribution in [1.82, 2.24) is 4.90 Å². The van der Waals surface area contributed by atoms with Crippen molar-refractivity contribution >= 4 is 44.8 Å². The standard InChI is InChI=1S/C24H18N2O8S2/c1-33-21-13-17(9-12-20(21)34-36(31,32)19-5-3-2-4-6-19)14-22-23(27)25(24(28)35-22)15-16-7-10-18(11-8-16)26(29)30/h2-14H,15H2,1H3. The molecule has 0 spiro atoms. The molecule has 1 heterocycles. The van der Waals surface area contributed by atoms with Gasteiger partial charge >= 0.3 is 10.1 Å². The maximum Gasteiger partial charge on any atom is 0.339 e. The monoisotopic (exact) mass is 526 g/mol. The third-order valence-corrected chi connectivity index (χ3v) is 7.23. The van der Waals surface area contributed by atoms with Gasteiger partial charge in [0.25, 0.3) is 16.8 Å². The van der Waals surface area contributed by atoms with Crippen molar-refractivity contribution in [3.63, 3.8) is 0 Å². The summed E-state index contributed by atoms with van der Waals surface area (Å²) >= 11 is 0.751. The quantitative estimate of drug-likeness (QED) is 0.179. The van der Waals surface area contributed by atoms with E-state index in [4.69, 9.17) is 8.92 Å². The van der Waals surface area contributed by atoms with Gasteiger partial charge in [0, 0.05) is 12.1 Å². The zero-order valence-corrected chi connectivity index (χ0v) is 20.3. The average Bonchev–Trinajstić information content (AvgIpc) is 3.13. The Bertz CT molecular complexity index is 1470. The maximum absolute atomic E-state index is 12.8. The maximum atomic E-state index is 12.8. The lowest BCUT2D eigenvalue weighted by Crippen LogP contribution is -2.27. The molecule has 0 radical (unpaired) electrons. The number of amides is 2. The fraction of sp³-hybridized carbons (Fsp3) is 0.0833. The highest BCUT2D eigenvalue weighted by molar-refractivity contribution is 8.18. The van der Waals surface area contributed by atoms with Gasteiger partial charge in [-0.15, -0.1) is 0 Å². The molecule has 1 aliphatic rings. The third-order valence-electron chi connectivity index (χ3n) is 5.08. The molecule has 184 valence electrons. The Balaban J connectivity index is 1.52. The van der Waals surface area contributed by atoms with Crippen molar-refractivity contribution in [2.45, 2.75) is 11.4 Å². The van der Waals surface area contributed by atoms with E-state index in [1.807, 2.05) is 0 Å². The Morgan fingerprint density at radius 3 is 2.33 bits per heavy atom. The molecule has 0 unspecified atom stereocenters. The van der Waals surface area contributed by atoms with Crippen LogP contribution in [0.1, 0.15) is 11.1 Å². The van der Waals surface area contributed by atoms with Crippen molar-refractivity contribution in [3.05, 3.63) is 98.9 Å². The third kappa shape index (κ3) is 5.39. The minimum Gasteiger partial charge on any atom is -0.493 e. The van der Waals surface area contributed by atoms with Crippen LogP contribution in [0.25, 0.3) is 6.08 Å². The summed E-state index contributed by atoms with van der Waals surface area (Å²) in [6.07, 6.45) is 1.48. The van der Waals surface area contributed by atoms with E-state index in [0.29, 0.717) is 11.1 Å². The van der Waals surface area contributed by atoms with Crippen LogP contribution >= 0.6 is 11.8 Å². The number of hydrogen-bond donors (Lipinski definition) is 0. The lowest BCUT2D eigenvalue weighted by Gasteiger charge is -2.12. The number of carbonyl (C=O) groups is 2. The summed E-state index contributed by atoms with van der Waals surface area (Å²) in [5.41, 5.74) is 0.954. The Labute approximate surface area is 210 Å². The van der Waals surface area contributed by atoms with Gasteiger partial charge in [-0.3, -0.25) is 24.6 Å². The van der Waals surface area contributed by atoms with Crippen LogP contribution in [-0.4, -0.2) is 36.5 Å². The average molecular weight is 527 g/mol. The molecule has 3 aromatic carbocycles. The molecule has 1 fully saturated rings. The molecule has 0 bridgehead atoms. The highest BCUT2D eigenvalue weighted by Gasteiger charge is 2.35. The van der Waals surface area contributed by atoms with E-state index in [1.165, 1.54) is 67.8 Å². The second kappa shape index (κ2) is 10.2. The van der Waals surface area contributed by atoms with Gasteiger partial charge in [0.2, 0.25) is 0 Å². The van der Waals surface area contributed by atoms with E-state index in [9.17, 15) is 28.1 Å². The lowest BCUT2D eigenvalue weighted by molar-refractivity contribution is -0.384. The first-order valence-corrected chi connectivity index (χ1v) is 12.6. The van der Waals surface area contributed by atoms with Gasteiger partial charge in [-0.1, -0.05) is 36.4 Å². The number of hydrogen-bond acceptors (Lipinski definition) is 9. The molecular weight excluding hydrogens is 508 g/mol. The van der Waals surface area contributed by atoms with E-state index >= 15 is 0 Å². The van der Waals surface area contributed by atoms with Gasteiger partial charge in [0.1, 0.15) is 4.90 Å². The minimum absolute atomic E-state index is 0.0159. The lowest BCUT2D eigenvalue weighted by atomic mass is 10.1. The molecular formula is C24H18N2O8S2. The predicted octanol–water partition coefficient (Wildman–Crippen LogP) is 4.61. The molecule has 36 heavy (non-hydrogen) atoms. The van der Waals surface area contributed by atoms with E-state index in [0.717, 1.165) is 16.7 Å². The van der Waals surface area contributed by atoms with E-state index in [2.05, 4.69) is 0 Å². The molecule has 2 amide bonds. The number of benzene rings is 3. The van der Waals surface area contributed by atoms with Crippen molar-refractivity contribution in [2.75, 3.05) is 7.11 Å². The van der Waals surface area contributed by atoms with Crippen molar-refractivity contribution in [3.8, 4) is 11.5 Å².